The Morgan fingerprint density at radius 2 is 1.63 bits per heavy atom. The largest absolute Gasteiger partial charge is 0.624 e. The van der Waals surface area contributed by atoms with Gasteiger partial charge in [-0.25, -0.2) is 9.48 Å². The van der Waals surface area contributed by atoms with E-state index < -0.39 is 5.54 Å². The summed E-state index contributed by atoms with van der Waals surface area (Å²) in [6.07, 6.45) is 13.5. The summed E-state index contributed by atoms with van der Waals surface area (Å²) < 4.78 is 3.96. The van der Waals surface area contributed by atoms with Gasteiger partial charge >= 0.3 is 0 Å². The number of hydrogen-bond acceptors (Lipinski definition) is 2. The van der Waals surface area contributed by atoms with Crippen LogP contribution in [0.25, 0.3) is 11.1 Å². The molecule has 0 aromatic carbocycles. The van der Waals surface area contributed by atoms with E-state index in [1.807, 2.05) is 39.1 Å². The molecular formula is C22H33N3O2. The first kappa shape index (κ1) is 21.0. The van der Waals surface area contributed by atoms with Crippen molar-refractivity contribution >= 4 is 12.4 Å². The molecule has 0 aromatic rings. The molecule has 0 aromatic heterocycles. The van der Waals surface area contributed by atoms with E-state index in [0.717, 1.165) is 44.7 Å². The van der Waals surface area contributed by atoms with Gasteiger partial charge in [0.05, 0.1) is 5.56 Å². The molecule has 0 bridgehead atoms. The van der Waals surface area contributed by atoms with Crippen LogP contribution in [0.15, 0.2) is 24.5 Å². The monoisotopic (exact) mass is 371 g/mol. The van der Waals surface area contributed by atoms with Crippen LogP contribution >= 0.6 is 0 Å². The zero-order valence-corrected chi connectivity index (χ0v) is 17.4. The zero-order chi connectivity index (χ0) is 20.0. The Kier molecular flexibility index (Phi) is 7.05. The summed E-state index contributed by atoms with van der Waals surface area (Å²) >= 11 is 0. The first-order valence-corrected chi connectivity index (χ1v) is 9.91. The standard InChI is InChI=1S/C22H33N3O2/c1-6-7-8-9-10-13-24-15-19(14-23(5)26)20-12-11-18(21(20)17-24)16-25(27)22(2,3)4/h11-12,14-17H,6-10,13H2,1-5H3/b23-14-,25-16-. The third kappa shape index (κ3) is 5.84. The molecule has 0 atom stereocenters. The van der Waals surface area contributed by atoms with Gasteiger partial charge in [-0.05, 0) is 18.1 Å². The number of rotatable bonds is 8. The molecule has 148 valence electrons. The van der Waals surface area contributed by atoms with Crippen LogP contribution in [0.4, 0.5) is 0 Å². The lowest BCUT2D eigenvalue weighted by Crippen LogP contribution is -2.29. The maximum Gasteiger partial charge on any atom is 0.183 e. The lowest BCUT2D eigenvalue weighted by atomic mass is 10.0. The second-order valence-electron chi connectivity index (χ2n) is 8.28. The average Bonchev–Trinajstić information content (AvgIpc) is 2.96. The SMILES string of the molecule is CCCCCCCn1cc(/C=[N+](/C)[O-])c2ccc(/C=[N+](\[O-])C(C)(C)C)c-2c1. The highest BCUT2D eigenvalue weighted by Gasteiger charge is 2.21. The predicted molar refractivity (Wildman–Crippen MR) is 113 cm³/mol. The molecule has 1 aliphatic carbocycles. The van der Waals surface area contributed by atoms with Gasteiger partial charge in [0.1, 0.15) is 7.05 Å². The molecule has 1 aliphatic heterocycles. The van der Waals surface area contributed by atoms with E-state index in [1.54, 1.807) is 12.4 Å². The van der Waals surface area contributed by atoms with Gasteiger partial charge < -0.3 is 15.0 Å². The van der Waals surface area contributed by atoms with Gasteiger partial charge in [-0.1, -0.05) is 38.7 Å². The van der Waals surface area contributed by atoms with Crippen LogP contribution in [0.3, 0.4) is 0 Å². The Hall–Kier alpha value is -2.30. The minimum absolute atomic E-state index is 0.488. The fourth-order valence-electron chi connectivity index (χ4n) is 3.11. The maximum absolute atomic E-state index is 12.4. The van der Waals surface area contributed by atoms with E-state index in [4.69, 9.17) is 0 Å². The summed E-state index contributed by atoms with van der Waals surface area (Å²) in [5.74, 6) is 0. The molecule has 0 unspecified atom stereocenters. The zero-order valence-electron chi connectivity index (χ0n) is 17.4. The predicted octanol–water partition coefficient (Wildman–Crippen LogP) is 4.85. The minimum Gasteiger partial charge on any atom is -0.624 e. The molecule has 0 amide bonds. The van der Waals surface area contributed by atoms with Gasteiger partial charge in [0.15, 0.2) is 18.0 Å². The summed E-state index contributed by atoms with van der Waals surface area (Å²) in [7, 11) is 1.49. The fraction of sp³-hybridized carbons (Fsp3) is 0.545. The molecule has 2 rings (SSSR count). The molecule has 0 N–H and O–H groups in total. The molecule has 27 heavy (non-hydrogen) atoms. The third-order valence-corrected chi connectivity index (χ3v) is 4.70. The fourth-order valence-corrected chi connectivity index (χ4v) is 3.11. The molecule has 0 saturated carbocycles. The highest BCUT2D eigenvalue weighted by atomic mass is 16.5. The molecular weight excluding hydrogens is 338 g/mol. The number of nitrogens with zero attached hydrogens (tertiary/aromatic N) is 3. The molecule has 0 fully saturated rings. The van der Waals surface area contributed by atoms with Crippen LogP contribution in [0.1, 0.15) is 70.9 Å². The number of pyridine rings is 1. The lowest BCUT2D eigenvalue weighted by Gasteiger charge is -2.19. The van der Waals surface area contributed by atoms with E-state index in [9.17, 15) is 10.4 Å². The van der Waals surface area contributed by atoms with Crippen molar-refractivity contribution in [3.63, 3.8) is 0 Å². The van der Waals surface area contributed by atoms with Gasteiger partial charge in [0.2, 0.25) is 0 Å². The molecule has 1 heterocycles. The smallest absolute Gasteiger partial charge is 0.183 e. The van der Waals surface area contributed by atoms with Crippen molar-refractivity contribution in [1.82, 2.24) is 4.57 Å². The van der Waals surface area contributed by atoms with Gasteiger partial charge in [-0.3, -0.25) is 0 Å². The molecule has 0 radical (unpaired) electrons. The van der Waals surface area contributed by atoms with Crippen LogP contribution in [-0.4, -0.2) is 39.1 Å². The number of unbranched alkanes of at least 4 members (excludes halogenated alkanes) is 4. The molecule has 5 heteroatoms. The Morgan fingerprint density at radius 1 is 0.926 bits per heavy atom. The number of fused-ring (bicyclic) bond motifs is 1. The van der Waals surface area contributed by atoms with Crippen LogP contribution in [-0.2, 0) is 6.54 Å². The number of hydroxylamine groups is 2. The van der Waals surface area contributed by atoms with Crippen LogP contribution < -0.4 is 0 Å². The Labute approximate surface area is 163 Å². The topological polar surface area (TPSA) is 57.1 Å². The van der Waals surface area contributed by atoms with Crippen LogP contribution in [0.5, 0.6) is 0 Å². The van der Waals surface area contributed by atoms with Gasteiger partial charge in [-0.15, -0.1) is 0 Å². The van der Waals surface area contributed by atoms with Gasteiger partial charge in [0.25, 0.3) is 0 Å². The maximum atomic E-state index is 12.4. The Balaban J connectivity index is 2.37. The number of aromatic nitrogens is 1. The second-order valence-corrected chi connectivity index (χ2v) is 8.28. The number of hydrogen-bond donors (Lipinski definition) is 0. The molecule has 0 spiro atoms. The van der Waals surface area contributed by atoms with Crippen molar-refractivity contribution in [2.24, 2.45) is 0 Å². The van der Waals surface area contributed by atoms with Crippen molar-refractivity contribution in [2.75, 3.05) is 7.05 Å². The van der Waals surface area contributed by atoms with E-state index in [1.165, 1.54) is 32.7 Å². The molecule has 0 saturated heterocycles. The van der Waals surface area contributed by atoms with Crippen molar-refractivity contribution in [1.29, 1.82) is 0 Å². The van der Waals surface area contributed by atoms with Crippen molar-refractivity contribution in [2.45, 2.75) is 71.9 Å². The average molecular weight is 372 g/mol. The quantitative estimate of drug-likeness (QED) is 0.219. The van der Waals surface area contributed by atoms with E-state index in [2.05, 4.69) is 17.7 Å². The normalized spacial score (nSPS) is 13.5. The van der Waals surface area contributed by atoms with Crippen LogP contribution in [0.2, 0.25) is 0 Å². The summed E-state index contributed by atoms with van der Waals surface area (Å²) in [6, 6.07) is 3.94. The first-order valence-electron chi connectivity index (χ1n) is 9.91. The Bertz CT molecular complexity index is 778. The highest BCUT2D eigenvalue weighted by Crippen LogP contribution is 2.30. The lowest BCUT2D eigenvalue weighted by molar-refractivity contribution is -0.530. The summed E-state index contributed by atoms with van der Waals surface area (Å²) in [4.78, 5) is 0. The Morgan fingerprint density at radius 3 is 2.26 bits per heavy atom. The highest BCUT2D eigenvalue weighted by molar-refractivity contribution is 5.96. The minimum atomic E-state index is -0.488. The van der Waals surface area contributed by atoms with E-state index in [0.29, 0.717) is 0 Å². The molecule has 5 nitrogen and oxygen atoms in total. The summed E-state index contributed by atoms with van der Waals surface area (Å²) in [5.41, 5.74) is 3.28. The second kappa shape index (κ2) is 9.07. The summed E-state index contributed by atoms with van der Waals surface area (Å²) in [5, 5.41) is 24.0. The number of aryl methyl sites for hydroxylation is 1. The first-order chi connectivity index (χ1) is 12.7. The van der Waals surface area contributed by atoms with Gasteiger partial charge in [-0.2, -0.15) is 0 Å². The summed E-state index contributed by atoms with van der Waals surface area (Å²) in [6.45, 7) is 8.81. The molecule has 2 aliphatic rings. The van der Waals surface area contributed by atoms with Crippen molar-refractivity contribution in [3.05, 3.63) is 46.1 Å². The van der Waals surface area contributed by atoms with E-state index in [-0.39, 0.29) is 0 Å². The van der Waals surface area contributed by atoms with Crippen molar-refractivity contribution in [3.8, 4) is 11.1 Å². The third-order valence-electron chi connectivity index (χ3n) is 4.70. The van der Waals surface area contributed by atoms with Crippen molar-refractivity contribution < 1.29 is 9.48 Å². The van der Waals surface area contributed by atoms with Gasteiger partial charge in [0, 0.05) is 50.8 Å². The van der Waals surface area contributed by atoms with Crippen LogP contribution in [0, 0.1) is 10.4 Å². The van der Waals surface area contributed by atoms with E-state index >= 15 is 0 Å².